The monoisotopic (exact) mass is 341 g/mol. The number of hydrogen-bond acceptors (Lipinski definition) is 5. The summed E-state index contributed by atoms with van der Waals surface area (Å²) >= 11 is 1.64. The Hall–Kier alpha value is -1.34. The summed E-state index contributed by atoms with van der Waals surface area (Å²) in [6, 6.07) is 0. The first-order valence-corrected chi connectivity index (χ1v) is 9.27. The van der Waals surface area contributed by atoms with E-state index in [1.165, 1.54) is 6.42 Å². The van der Waals surface area contributed by atoms with Crippen LogP contribution in [0, 0.1) is 0 Å². The lowest BCUT2D eigenvalue weighted by molar-refractivity contribution is 0.129. The van der Waals surface area contributed by atoms with E-state index >= 15 is 0 Å². The number of thiazole rings is 1. The van der Waals surface area contributed by atoms with Crippen LogP contribution in [0.5, 0.6) is 0 Å². The Morgan fingerprint density at radius 1 is 1.26 bits per heavy atom. The number of nitrogens with one attached hydrogen (secondary N) is 2. The summed E-state index contributed by atoms with van der Waals surface area (Å²) in [6.45, 7) is 8.20. The van der Waals surface area contributed by atoms with Gasteiger partial charge < -0.3 is 20.3 Å². The van der Waals surface area contributed by atoms with E-state index in [0.29, 0.717) is 6.54 Å². The van der Waals surface area contributed by atoms with Crippen LogP contribution in [0.1, 0.15) is 38.8 Å². The molecule has 0 aliphatic heterocycles. The second kappa shape index (κ2) is 12.1. The second-order valence-corrected chi connectivity index (χ2v) is 6.29. The molecule has 0 spiro atoms. The molecule has 132 valence electrons. The van der Waals surface area contributed by atoms with E-state index in [1.807, 2.05) is 19.0 Å². The molecule has 6 nitrogen and oxygen atoms in total. The molecule has 0 saturated carbocycles. The molecular weight excluding hydrogens is 310 g/mol. The number of aliphatic imine (C=N–C) groups is 1. The van der Waals surface area contributed by atoms with Crippen molar-refractivity contribution >= 4 is 22.4 Å². The molecule has 0 atom stereocenters. The van der Waals surface area contributed by atoms with Crippen molar-refractivity contribution in [3.63, 3.8) is 0 Å². The van der Waals surface area contributed by atoms with Crippen LogP contribution in [0.2, 0.25) is 0 Å². The molecule has 0 radical (unpaired) electrons. The minimum Gasteiger partial charge on any atom is -0.381 e. The largest absolute Gasteiger partial charge is 0.381 e. The third-order valence-electron chi connectivity index (χ3n) is 3.07. The van der Waals surface area contributed by atoms with Crippen LogP contribution in [-0.2, 0) is 11.3 Å². The molecule has 0 saturated heterocycles. The molecular formula is C16H31N5OS. The zero-order valence-electron chi connectivity index (χ0n) is 14.9. The molecule has 0 unspecified atom stereocenters. The molecule has 0 aliphatic carbocycles. The van der Waals surface area contributed by atoms with Crippen molar-refractivity contribution in [1.82, 2.24) is 15.6 Å². The van der Waals surface area contributed by atoms with Crippen LogP contribution < -0.4 is 15.5 Å². The van der Waals surface area contributed by atoms with E-state index in [0.717, 1.165) is 55.9 Å². The Balaban J connectivity index is 2.31. The number of ether oxygens (including phenoxy) is 1. The van der Waals surface area contributed by atoms with E-state index < -0.39 is 0 Å². The smallest absolute Gasteiger partial charge is 0.191 e. The maximum absolute atomic E-state index is 5.56. The van der Waals surface area contributed by atoms with Gasteiger partial charge >= 0.3 is 0 Å². The average Bonchev–Trinajstić information content (AvgIpc) is 3.01. The Bertz CT molecular complexity index is 447. The Labute approximate surface area is 144 Å². The SMILES string of the molecule is CCCCOCCCNC(=NCc1csc(N(C)C)n1)NCC. The first-order valence-electron chi connectivity index (χ1n) is 8.39. The average molecular weight is 342 g/mol. The highest BCUT2D eigenvalue weighted by atomic mass is 32.1. The van der Waals surface area contributed by atoms with E-state index in [9.17, 15) is 0 Å². The van der Waals surface area contributed by atoms with E-state index in [-0.39, 0.29) is 0 Å². The summed E-state index contributed by atoms with van der Waals surface area (Å²) in [7, 11) is 4.00. The minimum atomic E-state index is 0.590. The molecule has 0 bridgehead atoms. The zero-order valence-corrected chi connectivity index (χ0v) is 15.7. The lowest BCUT2D eigenvalue weighted by Gasteiger charge is -2.11. The molecule has 0 aromatic carbocycles. The number of guanidine groups is 1. The zero-order chi connectivity index (χ0) is 16.9. The highest BCUT2D eigenvalue weighted by Gasteiger charge is 2.03. The van der Waals surface area contributed by atoms with Crippen molar-refractivity contribution in [2.45, 2.75) is 39.7 Å². The van der Waals surface area contributed by atoms with Crippen molar-refractivity contribution in [3.05, 3.63) is 11.1 Å². The standard InChI is InChI=1S/C16H31N5OS/c1-5-7-10-22-11-8-9-18-15(17-6-2)19-12-14-13-23-16(20-14)21(3)4/h13H,5-12H2,1-4H3,(H2,17,18,19). The molecule has 1 heterocycles. The summed E-state index contributed by atoms with van der Waals surface area (Å²) < 4.78 is 5.56. The Kier molecular flexibility index (Phi) is 10.4. The number of aromatic nitrogens is 1. The Morgan fingerprint density at radius 2 is 2.04 bits per heavy atom. The molecule has 1 aromatic heterocycles. The molecule has 23 heavy (non-hydrogen) atoms. The van der Waals surface area contributed by atoms with Gasteiger partial charge in [-0.3, -0.25) is 0 Å². The van der Waals surface area contributed by atoms with Crippen LogP contribution in [0.4, 0.5) is 5.13 Å². The van der Waals surface area contributed by atoms with Crippen LogP contribution in [-0.4, -0.2) is 51.3 Å². The van der Waals surface area contributed by atoms with Crippen molar-refractivity contribution < 1.29 is 4.74 Å². The maximum atomic E-state index is 5.56. The minimum absolute atomic E-state index is 0.590. The number of unbranched alkanes of at least 4 members (excludes halogenated alkanes) is 1. The maximum Gasteiger partial charge on any atom is 0.191 e. The van der Waals surface area contributed by atoms with Crippen LogP contribution in [0.15, 0.2) is 10.4 Å². The van der Waals surface area contributed by atoms with Crippen molar-refractivity contribution in [3.8, 4) is 0 Å². The van der Waals surface area contributed by atoms with Crippen molar-refractivity contribution in [2.24, 2.45) is 4.99 Å². The first kappa shape index (κ1) is 19.7. The molecule has 1 rings (SSSR count). The fourth-order valence-corrected chi connectivity index (χ4v) is 2.56. The van der Waals surface area contributed by atoms with Gasteiger partial charge in [0.15, 0.2) is 11.1 Å². The summed E-state index contributed by atoms with van der Waals surface area (Å²) in [5.41, 5.74) is 0.999. The summed E-state index contributed by atoms with van der Waals surface area (Å²) in [4.78, 5) is 11.1. The number of nitrogens with zero attached hydrogens (tertiary/aromatic N) is 3. The molecule has 0 aliphatic rings. The molecule has 0 amide bonds. The van der Waals surface area contributed by atoms with E-state index in [4.69, 9.17) is 4.74 Å². The van der Waals surface area contributed by atoms with Crippen LogP contribution >= 0.6 is 11.3 Å². The summed E-state index contributed by atoms with van der Waals surface area (Å²) in [5, 5.41) is 9.66. The van der Waals surface area contributed by atoms with Gasteiger partial charge in [-0.2, -0.15) is 0 Å². The van der Waals surface area contributed by atoms with E-state index in [1.54, 1.807) is 11.3 Å². The third-order valence-corrected chi connectivity index (χ3v) is 4.12. The number of anilines is 1. The lowest BCUT2D eigenvalue weighted by atomic mass is 10.4. The van der Waals surface area contributed by atoms with Gasteiger partial charge in [-0.25, -0.2) is 9.98 Å². The predicted molar refractivity (Wildman–Crippen MR) is 99.6 cm³/mol. The fraction of sp³-hybridized carbons (Fsp3) is 0.750. The number of rotatable bonds is 11. The fourth-order valence-electron chi connectivity index (χ4n) is 1.81. The highest BCUT2D eigenvalue weighted by Crippen LogP contribution is 2.18. The molecule has 1 aromatic rings. The topological polar surface area (TPSA) is 61.8 Å². The second-order valence-electron chi connectivity index (χ2n) is 5.46. The summed E-state index contributed by atoms with van der Waals surface area (Å²) in [6.07, 6.45) is 3.30. The molecule has 2 N–H and O–H groups in total. The van der Waals surface area contributed by atoms with Gasteiger partial charge in [0, 0.05) is 45.8 Å². The summed E-state index contributed by atoms with van der Waals surface area (Å²) in [5.74, 6) is 0.834. The Morgan fingerprint density at radius 3 is 2.70 bits per heavy atom. The lowest BCUT2D eigenvalue weighted by Crippen LogP contribution is -2.38. The van der Waals surface area contributed by atoms with Gasteiger partial charge in [-0.15, -0.1) is 11.3 Å². The van der Waals surface area contributed by atoms with Crippen LogP contribution in [0.25, 0.3) is 0 Å². The van der Waals surface area contributed by atoms with E-state index in [2.05, 4.69) is 39.8 Å². The first-order chi connectivity index (χ1) is 11.2. The molecule has 0 fully saturated rings. The van der Waals surface area contributed by atoms with Crippen LogP contribution in [0.3, 0.4) is 0 Å². The van der Waals surface area contributed by atoms with Gasteiger partial charge in [-0.1, -0.05) is 13.3 Å². The van der Waals surface area contributed by atoms with Crippen molar-refractivity contribution in [1.29, 1.82) is 0 Å². The predicted octanol–water partition coefficient (Wildman–Crippen LogP) is 2.47. The van der Waals surface area contributed by atoms with Gasteiger partial charge in [0.05, 0.1) is 12.2 Å². The van der Waals surface area contributed by atoms with Gasteiger partial charge in [0.1, 0.15) is 0 Å². The molecule has 7 heteroatoms. The quantitative estimate of drug-likeness (QED) is 0.368. The normalized spacial score (nSPS) is 11.6. The third kappa shape index (κ3) is 8.76. The van der Waals surface area contributed by atoms with Crippen molar-refractivity contribution in [2.75, 3.05) is 45.3 Å². The van der Waals surface area contributed by atoms with Gasteiger partial charge in [0.2, 0.25) is 0 Å². The van der Waals surface area contributed by atoms with Gasteiger partial charge in [0.25, 0.3) is 0 Å². The highest BCUT2D eigenvalue weighted by molar-refractivity contribution is 7.13. The number of hydrogen-bond donors (Lipinski definition) is 2. The van der Waals surface area contributed by atoms with Gasteiger partial charge in [-0.05, 0) is 19.8 Å².